The van der Waals surface area contributed by atoms with Crippen LogP contribution in [0.4, 0.5) is 0 Å². The molecule has 0 radical (unpaired) electrons. The molecule has 3 aromatic rings. The number of nitriles is 1. The third-order valence-electron chi connectivity index (χ3n) is 3.86. The molecule has 0 bridgehead atoms. The molecule has 0 saturated carbocycles. The smallest absolute Gasteiger partial charge is 0.270 e. The number of rotatable bonds is 3. The molecular weight excluding hydrogens is 292 g/mol. The van der Waals surface area contributed by atoms with Gasteiger partial charge in [-0.1, -0.05) is 19.4 Å². The maximum absolute atomic E-state index is 12.7. The third-order valence-corrected chi connectivity index (χ3v) is 3.86. The minimum atomic E-state index is -0.392. The number of hydrogen-bond acceptors (Lipinski definition) is 4. The molecule has 0 fully saturated rings. The van der Waals surface area contributed by atoms with Crippen molar-refractivity contribution in [3.05, 3.63) is 56.2 Å². The molecule has 6 heteroatoms. The summed E-state index contributed by atoms with van der Waals surface area (Å²) in [7, 11) is 0. The molecule has 116 valence electrons. The highest BCUT2D eigenvalue weighted by atomic mass is 16.1. The Morgan fingerprint density at radius 1 is 1.26 bits per heavy atom. The molecule has 3 heterocycles. The first-order chi connectivity index (χ1) is 11.1. The summed E-state index contributed by atoms with van der Waals surface area (Å²) in [5, 5.41) is 9.48. The lowest BCUT2D eigenvalue weighted by Gasteiger charge is -2.11. The number of unbranched alkanes of at least 4 members (excludes halogenated alkanes) is 1. The van der Waals surface area contributed by atoms with E-state index in [0.717, 1.165) is 18.4 Å². The first-order valence-electron chi connectivity index (χ1n) is 7.53. The van der Waals surface area contributed by atoms with Gasteiger partial charge in [-0.25, -0.2) is 4.98 Å². The average molecular weight is 308 g/mol. The summed E-state index contributed by atoms with van der Waals surface area (Å²) < 4.78 is 2.89. The van der Waals surface area contributed by atoms with Gasteiger partial charge in [0.1, 0.15) is 17.3 Å². The summed E-state index contributed by atoms with van der Waals surface area (Å²) in [5.41, 5.74) is 1.08. The van der Waals surface area contributed by atoms with E-state index in [4.69, 9.17) is 0 Å². The van der Waals surface area contributed by atoms with E-state index in [1.807, 2.05) is 26.0 Å². The van der Waals surface area contributed by atoms with Crippen LogP contribution in [-0.2, 0) is 6.54 Å². The molecule has 0 aliphatic heterocycles. The highest BCUT2D eigenvalue weighted by Gasteiger charge is 2.14. The van der Waals surface area contributed by atoms with Gasteiger partial charge in [0.2, 0.25) is 0 Å². The van der Waals surface area contributed by atoms with Crippen molar-refractivity contribution in [2.75, 3.05) is 0 Å². The molecule has 0 unspecified atom stereocenters. The van der Waals surface area contributed by atoms with Gasteiger partial charge in [0.05, 0.1) is 5.39 Å². The molecule has 3 aromatic heterocycles. The Bertz CT molecular complexity index is 1070. The summed E-state index contributed by atoms with van der Waals surface area (Å²) in [4.78, 5) is 29.6. The van der Waals surface area contributed by atoms with Crippen molar-refractivity contribution >= 4 is 16.7 Å². The van der Waals surface area contributed by atoms with E-state index in [9.17, 15) is 14.9 Å². The van der Waals surface area contributed by atoms with Crippen LogP contribution in [0.15, 0.2) is 34.0 Å². The maximum atomic E-state index is 12.7. The number of aryl methyl sites for hydroxylation is 2. The van der Waals surface area contributed by atoms with E-state index in [1.165, 1.54) is 15.0 Å². The Hall–Kier alpha value is -2.94. The standard InChI is InChI=1S/C17H16N4O2/c1-3-4-7-20-15-13(8-12(9-18)16(20)22)17(23)21-10-11(2)5-6-14(21)19-15/h5-6,8,10H,3-4,7H2,1-2H3. The van der Waals surface area contributed by atoms with E-state index in [2.05, 4.69) is 4.98 Å². The highest BCUT2D eigenvalue weighted by molar-refractivity contribution is 5.77. The molecule has 0 amide bonds. The average Bonchev–Trinajstić information content (AvgIpc) is 2.55. The molecule has 3 rings (SSSR count). The van der Waals surface area contributed by atoms with Gasteiger partial charge in [-0.3, -0.25) is 18.6 Å². The minimum absolute atomic E-state index is 0.0277. The second-order valence-corrected chi connectivity index (χ2v) is 5.57. The van der Waals surface area contributed by atoms with Gasteiger partial charge >= 0.3 is 0 Å². The third kappa shape index (κ3) is 2.40. The minimum Gasteiger partial charge on any atom is -0.291 e. The van der Waals surface area contributed by atoms with E-state index in [-0.39, 0.29) is 11.1 Å². The van der Waals surface area contributed by atoms with E-state index < -0.39 is 5.56 Å². The Balaban J connectivity index is 2.49. The molecule has 0 atom stereocenters. The summed E-state index contributed by atoms with van der Waals surface area (Å²) >= 11 is 0. The predicted molar refractivity (Wildman–Crippen MR) is 87.6 cm³/mol. The second-order valence-electron chi connectivity index (χ2n) is 5.57. The lowest BCUT2D eigenvalue weighted by Crippen LogP contribution is -2.27. The van der Waals surface area contributed by atoms with Gasteiger partial charge in [-0.05, 0) is 31.0 Å². The van der Waals surface area contributed by atoms with Crippen LogP contribution in [0.5, 0.6) is 0 Å². The first-order valence-corrected chi connectivity index (χ1v) is 7.53. The van der Waals surface area contributed by atoms with Crippen LogP contribution in [0.3, 0.4) is 0 Å². The summed E-state index contributed by atoms with van der Waals surface area (Å²) in [5.74, 6) is 0. The van der Waals surface area contributed by atoms with Crippen molar-refractivity contribution in [1.82, 2.24) is 14.0 Å². The van der Waals surface area contributed by atoms with Crippen LogP contribution >= 0.6 is 0 Å². The highest BCUT2D eigenvalue weighted by Crippen LogP contribution is 2.11. The topological polar surface area (TPSA) is 80.2 Å². The van der Waals surface area contributed by atoms with Gasteiger partial charge in [0.25, 0.3) is 11.1 Å². The Morgan fingerprint density at radius 2 is 2.04 bits per heavy atom. The molecule has 0 aliphatic rings. The lowest BCUT2D eigenvalue weighted by atomic mass is 10.2. The molecule has 23 heavy (non-hydrogen) atoms. The van der Waals surface area contributed by atoms with E-state index in [1.54, 1.807) is 12.3 Å². The van der Waals surface area contributed by atoms with Crippen molar-refractivity contribution in [2.45, 2.75) is 33.2 Å². The fourth-order valence-electron chi connectivity index (χ4n) is 2.63. The molecular formula is C17H16N4O2. The Labute approximate surface area is 132 Å². The summed E-state index contributed by atoms with van der Waals surface area (Å²) in [6, 6.07) is 6.85. The Kier molecular flexibility index (Phi) is 3.70. The number of pyridine rings is 2. The maximum Gasteiger partial charge on any atom is 0.270 e. The number of aromatic nitrogens is 3. The van der Waals surface area contributed by atoms with Gasteiger partial charge in [0.15, 0.2) is 5.65 Å². The van der Waals surface area contributed by atoms with Crippen LogP contribution < -0.4 is 11.1 Å². The van der Waals surface area contributed by atoms with Crippen LogP contribution in [0, 0.1) is 18.3 Å². The number of fused-ring (bicyclic) bond motifs is 2. The fraction of sp³-hybridized carbons (Fsp3) is 0.294. The normalized spacial score (nSPS) is 11.0. The van der Waals surface area contributed by atoms with Crippen LogP contribution in [0.1, 0.15) is 30.9 Å². The van der Waals surface area contributed by atoms with Crippen molar-refractivity contribution in [1.29, 1.82) is 5.26 Å². The summed E-state index contributed by atoms with van der Waals surface area (Å²) in [6.07, 6.45) is 3.38. The van der Waals surface area contributed by atoms with E-state index in [0.29, 0.717) is 23.2 Å². The first kappa shape index (κ1) is 15.0. The molecule has 0 saturated heterocycles. The summed E-state index contributed by atoms with van der Waals surface area (Å²) in [6.45, 7) is 4.34. The molecule has 6 nitrogen and oxygen atoms in total. The van der Waals surface area contributed by atoms with Crippen LogP contribution in [0.25, 0.3) is 16.7 Å². The number of nitrogens with zero attached hydrogens (tertiary/aromatic N) is 4. The predicted octanol–water partition coefficient (Wildman–Crippen LogP) is 1.99. The van der Waals surface area contributed by atoms with Crippen molar-refractivity contribution < 1.29 is 0 Å². The van der Waals surface area contributed by atoms with E-state index >= 15 is 0 Å². The van der Waals surface area contributed by atoms with Crippen molar-refractivity contribution in [3.8, 4) is 6.07 Å². The number of hydrogen-bond donors (Lipinski definition) is 0. The fourth-order valence-corrected chi connectivity index (χ4v) is 2.63. The molecule has 0 aliphatic carbocycles. The van der Waals surface area contributed by atoms with Crippen molar-refractivity contribution in [3.63, 3.8) is 0 Å². The zero-order chi connectivity index (χ0) is 16.6. The molecule has 0 aromatic carbocycles. The zero-order valence-corrected chi connectivity index (χ0v) is 13.0. The largest absolute Gasteiger partial charge is 0.291 e. The van der Waals surface area contributed by atoms with Gasteiger partial charge < -0.3 is 0 Å². The zero-order valence-electron chi connectivity index (χ0n) is 13.0. The van der Waals surface area contributed by atoms with Crippen LogP contribution in [-0.4, -0.2) is 14.0 Å². The van der Waals surface area contributed by atoms with Crippen molar-refractivity contribution in [2.24, 2.45) is 0 Å². The quantitative estimate of drug-likeness (QED) is 0.693. The van der Waals surface area contributed by atoms with Gasteiger partial charge in [-0.2, -0.15) is 5.26 Å². The van der Waals surface area contributed by atoms with Crippen LogP contribution in [0.2, 0.25) is 0 Å². The van der Waals surface area contributed by atoms with Gasteiger partial charge in [0, 0.05) is 12.7 Å². The second kappa shape index (κ2) is 5.69. The SMILES string of the molecule is CCCCn1c(=O)c(C#N)cc2c(=O)n3cc(C)ccc3nc21. The van der Waals surface area contributed by atoms with Gasteiger partial charge in [-0.15, -0.1) is 0 Å². The molecule has 0 spiro atoms. The molecule has 0 N–H and O–H groups in total. The monoisotopic (exact) mass is 308 g/mol. The lowest BCUT2D eigenvalue weighted by molar-refractivity contribution is 0.626. The Morgan fingerprint density at radius 3 is 2.74 bits per heavy atom.